The lowest BCUT2D eigenvalue weighted by Crippen LogP contribution is -2.48. The molecule has 1 heterocycles. The molecule has 88 valence electrons. The van der Waals surface area contributed by atoms with Crippen LogP contribution in [0.3, 0.4) is 0 Å². The summed E-state index contributed by atoms with van der Waals surface area (Å²) in [6, 6.07) is 0. The van der Waals surface area contributed by atoms with E-state index in [1.54, 1.807) is 0 Å². The molecule has 1 rings (SSSR count). The Kier molecular flexibility index (Phi) is 4.05. The molecule has 3 N–H and O–H groups in total. The van der Waals surface area contributed by atoms with Crippen molar-refractivity contribution in [3.05, 3.63) is 0 Å². The molecule has 2 unspecified atom stereocenters. The van der Waals surface area contributed by atoms with Crippen molar-refractivity contribution < 1.29 is 13.5 Å². The fraction of sp³-hybridized carbons (Fsp3) is 0.875. The smallest absolute Gasteiger partial charge is 0.223 e. The van der Waals surface area contributed by atoms with Gasteiger partial charge in [0.05, 0.1) is 11.1 Å². The van der Waals surface area contributed by atoms with Crippen LogP contribution in [0.25, 0.3) is 0 Å². The van der Waals surface area contributed by atoms with Crippen molar-refractivity contribution in [1.82, 2.24) is 4.31 Å². The van der Waals surface area contributed by atoms with Crippen molar-refractivity contribution in [3.63, 3.8) is 0 Å². The third kappa shape index (κ3) is 2.87. The molecule has 1 aliphatic rings. The van der Waals surface area contributed by atoms with Crippen LogP contribution >= 0.6 is 12.2 Å². The van der Waals surface area contributed by atoms with Crippen molar-refractivity contribution in [2.75, 3.05) is 13.1 Å². The highest BCUT2D eigenvalue weighted by molar-refractivity contribution is 7.92. The van der Waals surface area contributed by atoms with E-state index in [1.165, 1.54) is 11.2 Å². The van der Waals surface area contributed by atoms with Gasteiger partial charge < -0.3 is 10.8 Å². The molecule has 7 heteroatoms. The summed E-state index contributed by atoms with van der Waals surface area (Å²) in [7, 11) is -3.49. The second kappa shape index (κ2) is 4.73. The number of nitrogens with two attached hydrogens (primary N) is 1. The number of aliphatic hydroxyl groups is 1. The van der Waals surface area contributed by atoms with Crippen molar-refractivity contribution in [3.8, 4) is 0 Å². The summed E-state index contributed by atoms with van der Waals surface area (Å²) < 4.78 is 25.1. The van der Waals surface area contributed by atoms with Crippen LogP contribution in [0, 0.1) is 0 Å². The number of sulfonamides is 1. The van der Waals surface area contributed by atoms with E-state index in [2.05, 4.69) is 12.2 Å². The van der Waals surface area contributed by atoms with Gasteiger partial charge in [-0.25, -0.2) is 8.42 Å². The summed E-state index contributed by atoms with van der Waals surface area (Å²) in [6.45, 7) is 2.06. The first-order chi connectivity index (χ1) is 6.85. The van der Waals surface area contributed by atoms with E-state index in [1.807, 2.05) is 0 Å². The summed E-state index contributed by atoms with van der Waals surface area (Å²) in [5.41, 5.74) is 5.33. The molecular weight excluding hydrogens is 236 g/mol. The van der Waals surface area contributed by atoms with Gasteiger partial charge >= 0.3 is 0 Å². The maximum Gasteiger partial charge on any atom is 0.223 e. The standard InChI is InChI=1S/C8H16N2O3S2/c1-6(8(9)14)15(12,13)10-4-2-3-7(11)5-10/h6-7,11H,2-5H2,1H3,(H2,9,14). The molecular formula is C8H16N2O3S2. The molecule has 2 atom stereocenters. The number of hydrogen-bond donors (Lipinski definition) is 2. The van der Waals surface area contributed by atoms with Gasteiger partial charge in [0.1, 0.15) is 5.25 Å². The lowest BCUT2D eigenvalue weighted by Gasteiger charge is -2.31. The number of aliphatic hydroxyl groups excluding tert-OH is 1. The minimum Gasteiger partial charge on any atom is -0.392 e. The molecule has 0 aliphatic carbocycles. The predicted octanol–water partition coefficient (Wildman–Crippen LogP) is -0.552. The van der Waals surface area contributed by atoms with Crippen molar-refractivity contribution in [2.24, 2.45) is 5.73 Å². The molecule has 0 amide bonds. The zero-order valence-electron chi connectivity index (χ0n) is 8.59. The van der Waals surface area contributed by atoms with Crippen LogP contribution in [0.15, 0.2) is 0 Å². The number of thiocarbonyl (C=S) groups is 1. The van der Waals surface area contributed by atoms with Gasteiger partial charge in [-0.05, 0) is 19.8 Å². The minimum atomic E-state index is -3.49. The molecule has 0 bridgehead atoms. The Morgan fingerprint density at radius 3 is 2.73 bits per heavy atom. The van der Waals surface area contributed by atoms with E-state index in [9.17, 15) is 13.5 Å². The first kappa shape index (κ1) is 12.8. The monoisotopic (exact) mass is 252 g/mol. The normalized spacial score (nSPS) is 26.1. The second-order valence-electron chi connectivity index (χ2n) is 3.74. The van der Waals surface area contributed by atoms with Gasteiger partial charge in [0.2, 0.25) is 10.0 Å². The third-order valence-electron chi connectivity index (χ3n) is 2.57. The van der Waals surface area contributed by atoms with Crippen LogP contribution in [0.5, 0.6) is 0 Å². The maximum atomic E-state index is 11.9. The van der Waals surface area contributed by atoms with Gasteiger partial charge in [0, 0.05) is 13.1 Å². The van der Waals surface area contributed by atoms with Crippen molar-refractivity contribution >= 4 is 27.2 Å². The van der Waals surface area contributed by atoms with Crippen LogP contribution in [-0.4, -0.2) is 47.3 Å². The van der Waals surface area contributed by atoms with E-state index in [4.69, 9.17) is 5.73 Å². The van der Waals surface area contributed by atoms with Crippen LogP contribution < -0.4 is 5.73 Å². The van der Waals surface area contributed by atoms with Gasteiger partial charge in [0.15, 0.2) is 0 Å². The summed E-state index contributed by atoms with van der Waals surface area (Å²) in [4.78, 5) is -0.0323. The zero-order valence-corrected chi connectivity index (χ0v) is 10.2. The molecule has 15 heavy (non-hydrogen) atoms. The lowest BCUT2D eigenvalue weighted by atomic mass is 10.1. The SMILES string of the molecule is CC(C(N)=S)S(=O)(=O)N1CCCC(O)C1. The summed E-state index contributed by atoms with van der Waals surface area (Å²) >= 11 is 4.67. The van der Waals surface area contributed by atoms with Gasteiger partial charge in [0.25, 0.3) is 0 Å². The molecule has 0 aromatic heterocycles. The van der Waals surface area contributed by atoms with Gasteiger partial charge in [-0.1, -0.05) is 12.2 Å². The van der Waals surface area contributed by atoms with E-state index in [0.29, 0.717) is 19.4 Å². The highest BCUT2D eigenvalue weighted by atomic mass is 32.2. The summed E-state index contributed by atoms with van der Waals surface area (Å²) in [5, 5.41) is 8.53. The molecule has 0 spiro atoms. The van der Waals surface area contributed by atoms with E-state index in [-0.39, 0.29) is 11.5 Å². The number of β-amino-alcohol motifs (C(OH)–C–C–N with tert-alkyl or cyclic N) is 1. The number of rotatable bonds is 3. The lowest BCUT2D eigenvalue weighted by molar-refractivity contribution is 0.108. The first-order valence-electron chi connectivity index (χ1n) is 4.82. The minimum absolute atomic E-state index is 0.0323. The van der Waals surface area contributed by atoms with Crippen molar-refractivity contribution in [1.29, 1.82) is 0 Å². The Morgan fingerprint density at radius 1 is 1.67 bits per heavy atom. The number of nitrogens with zero attached hydrogens (tertiary/aromatic N) is 1. The quantitative estimate of drug-likeness (QED) is 0.658. The summed E-state index contributed by atoms with van der Waals surface area (Å²) in [6.07, 6.45) is 0.741. The fourth-order valence-electron chi connectivity index (χ4n) is 1.52. The average molecular weight is 252 g/mol. The van der Waals surface area contributed by atoms with E-state index in [0.717, 1.165) is 0 Å². The average Bonchev–Trinajstić information content (AvgIpc) is 2.16. The van der Waals surface area contributed by atoms with Gasteiger partial charge in [-0.3, -0.25) is 0 Å². The highest BCUT2D eigenvalue weighted by Gasteiger charge is 2.33. The number of piperidine rings is 1. The Hall–Kier alpha value is -0.240. The molecule has 0 aromatic rings. The molecule has 1 fully saturated rings. The Bertz CT molecular complexity index is 342. The highest BCUT2D eigenvalue weighted by Crippen LogP contribution is 2.17. The third-order valence-corrected chi connectivity index (χ3v) is 5.27. The molecule has 5 nitrogen and oxygen atoms in total. The van der Waals surface area contributed by atoms with E-state index >= 15 is 0 Å². The van der Waals surface area contributed by atoms with Crippen LogP contribution in [0.1, 0.15) is 19.8 Å². The Morgan fingerprint density at radius 2 is 2.27 bits per heavy atom. The summed E-state index contributed by atoms with van der Waals surface area (Å²) in [5.74, 6) is 0. The topological polar surface area (TPSA) is 83.6 Å². The molecule has 1 saturated heterocycles. The molecule has 0 radical (unpaired) electrons. The Labute approximate surface area is 95.3 Å². The van der Waals surface area contributed by atoms with Crippen LogP contribution in [-0.2, 0) is 10.0 Å². The van der Waals surface area contributed by atoms with Crippen LogP contribution in [0.4, 0.5) is 0 Å². The largest absolute Gasteiger partial charge is 0.392 e. The molecule has 0 saturated carbocycles. The van der Waals surface area contributed by atoms with Crippen molar-refractivity contribution in [2.45, 2.75) is 31.1 Å². The second-order valence-corrected chi connectivity index (χ2v) is 6.47. The Balaban J connectivity index is 2.81. The molecule has 0 aromatic carbocycles. The van der Waals surface area contributed by atoms with Crippen LogP contribution in [0.2, 0.25) is 0 Å². The first-order valence-corrected chi connectivity index (χ1v) is 6.73. The predicted molar refractivity (Wildman–Crippen MR) is 62.0 cm³/mol. The fourth-order valence-corrected chi connectivity index (χ4v) is 3.39. The number of hydrogen-bond acceptors (Lipinski definition) is 4. The zero-order chi connectivity index (χ0) is 11.6. The van der Waals surface area contributed by atoms with Gasteiger partial charge in [-0.15, -0.1) is 0 Å². The molecule has 1 aliphatic heterocycles. The maximum absolute atomic E-state index is 11.9. The van der Waals surface area contributed by atoms with Gasteiger partial charge in [-0.2, -0.15) is 4.31 Å². The van der Waals surface area contributed by atoms with E-state index < -0.39 is 21.4 Å².